The summed E-state index contributed by atoms with van der Waals surface area (Å²) in [6.45, 7) is 4.90. The molecule has 6 heteroatoms. The summed E-state index contributed by atoms with van der Waals surface area (Å²) in [5.41, 5.74) is 3.84. The summed E-state index contributed by atoms with van der Waals surface area (Å²) in [7, 11) is 0. The van der Waals surface area contributed by atoms with E-state index in [2.05, 4.69) is 34.9 Å². The number of hydrogen-bond donors (Lipinski definition) is 2. The molecule has 2 atom stereocenters. The molecule has 4 rings (SSSR count). The van der Waals surface area contributed by atoms with Gasteiger partial charge in [-0.2, -0.15) is 0 Å². The topological polar surface area (TPSA) is 73.2 Å². The average molecular weight is 421 g/mol. The molecule has 0 saturated heterocycles. The Morgan fingerprint density at radius 3 is 2.71 bits per heavy atom. The molecule has 0 saturated carbocycles. The lowest BCUT2D eigenvalue weighted by atomic mass is 10.00. The Balaban J connectivity index is 1.39. The fourth-order valence-corrected chi connectivity index (χ4v) is 4.12. The van der Waals surface area contributed by atoms with Crippen LogP contribution in [0.2, 0.25) is 0 Å². The minimum atomic E-state index is -0.716. The Kier molecular flexibility index (Phi) is 6.57. The van der Waals surface area contributed by atoms with Gasteiger partial charge in [-0.1, -0.05) is 36.1 Å². The van der Waals surface area contributed by atoms with Gasteiger partial charge >= 0.3 is 0 Å². The molecule has 6 nitrogen and oxygen atoms in total. The van der Waals surface area contributed by atoms with Crippen LogP contribution in [0, 0.1) is 11.8 Å². The first kappa shape index (κ1) is 21.4. The van der Waals surface area contributed by atoms with Crippen molar-refractivity contribution in [1.82, 2.24) is 9.80 Å². The van der Waals surface area contributed by atoms with Crippen molar-refractivity contribution in [2.75, 3.05) is 32.8 Å². The number of nitrogens with zero attached hydrogens (tertiary/aromatic N) is 2. The maximum atomic E-state index is 13.1. The van der Waals surface area contributed by atoms with Gasteiger partial charge in [0.15, 0.2) is 0 Å². The van der Waals surface area contributed by atoms with Gasteiger partial charge in [0.1, 0.15) is 18.5 Å². The molecule has 2 unspecified atom stereocenters. The maximum Gasteiger partial charge on any atom is 0.257 e. The quantitative estimate of drug-likeness (QED) is 0.737. The van der Waals surface area contributed by atoms with E-state index < -0.39 is 12.2 Å². The van der Waals surface area contributed by atoms with Crippen LogP contribution in [0.1, 0.15) is 34.0 Å². The van der Waals surface area contributed by atoms with Crippen molar-refractivity contribution in [3.8, 4) is 17.6 Å². The minimum Gasteiger partial charge on any atom is -0.491 e. The van der Waals surface area contributed by atoms with Crippen molar-refractivity contribution in [2.45, 2.75) is 32.1 Å². The molecule has 0 bridgehead atoms. The average Bonchev–Trinajstić information content (AvgIpc) is 2.90. The van der Waals surface area contributed by atoms with E-state index in [9.17, 15) is 15.0 Å². The number of benzene rings is 2. The van der Waals surface area contributed by atoms with Crippen LogP contribution in [0.5, 0.6) is 5.75 Å². The first-order chi connectivity index (χ1) is 15.0. The Morgan fingerprint density at radius 1 is 1.10 bits per heavy atom. The smallest absolute Gasteiger partial charge is 0.257 e. The number of rotatable bonds is 4. The largest absolute Gasteiger partial charge is 0.491 e. The van der Waals surface area contributed by atoms with E-state index >= 15 is 0 Å². The zero-order valence-corrected chi connectivity index (χ0v) is 17.8. The molecule has 2 aliphatic rings. The molecule has 2 heterocycles. The summed E-state index contributed by atoms with van der Waals surface area (Å²) in [5.74, 6) is 5.91. The lowest BCUT2D eigenvalue weighted by Crippen LogP contribution is -2.44. The highest BCUT2D eigenvalue weighted by Crippen LogP contribution is 2.25. The third-order valence-corrected chi connectivity index (χ3v) is 5.65. The van der Waals surface area contributed by atoms with Crippen LogP contribution < -0.4 is 4.74 Å². The van der Waals surface area contributed by atoms with Gasteiger partial charge in [-0.15, -0.1) is 0 Å². The Morgan fingerprint density at radius 2 is 1.90 bits per heavy atom. The van der Waals surface area contributed by atoms with E-state index in [0.717, 1.165) is 19.5 Å². The monoisotopic (exact) mass is 420 g/mol. The number of aliphatic hydroxyl groups excluding tert-OH is 2. The van der Waals surface area contributed by atoms with Crippen molar-refractivity contribution in [1.29, 1.82) is 0 Å². The van der Waals surface area contributed by atoms with Gasteiger partial charge in [0.05, 0.1) is 18.2 Å². The van der Waals surface area contributed by atoms with Gasteiger partial charge in [0.2, 0.25) is 0 Å². The van der Waals surface area contributed by atoms with E-state index in [4.69, 9.17) is 4.74 Å². The molecule has 0 radical (unpaired) electrons. The fraction of sp³-hybridized carbons (Fsp3) is 0.400. The number of ether oxygens (including phenoxy) is 1. The van der Waals surface area contributed by atoms with Crippen LogP contribution in [0.25, 0.3) is 0 Å². The van der Waals surface area contributed by atoms with Crippen molar-refractivity contribution >= 4 is 5.91 Å². The number of carbonyl (C=O) groups is 1. The molecule has 162 valence electrons. The molecular weight excluding hydrogens is 392 g/mol. The molecule has 2 aliphatic heterocycles. The Hall–Kier alpha value is -2.85. The first-order valence-corrected chi connectivity index (χ1v) is 10.7. The second-order valence-electron chi connectivity index (χ2n) is 8.16. The normalized spacial score (nSPS) is 18.0. The van der Waals surface area contributed by atoms with Crippen molar-refractivity contribution in [2.24, 2.45) is 0 Å². The SMILES string of the molecule is CC(O)C#Cc1ccc2c(c1)OCCN(CC(O)CN1CCc3ccccc3C1)C2=O. The molecular formula is C25H28N2O4. The van der Waals surface area contributed by atoms with Gasteiger partial charge in [0.25, 0.3) is 5.91 Å². The standard InChI is InChI=1S/C25H28N2O4/c1-18(28)6-7-19-8-9-23-24(14-19)31-13-12-27(25(23)30)17-22(29)16-26-11-10-20-4-2-3-5-21(20)15-26/h2-5,8-9,14,18,22,28-29H,10-13,15-17H2,1H3. The zero-order valence-electron chi connectivity index (χ0n) is 17.8. The second kappa shape index (κ2) is 9.52. The molecule has 1 amide bonds. The summed E-state index contributed by atoms with van der Waals surface area (Å²) < 4.78 is 5.78. The summed E-state index contributed by atoms with van der Waals surface area (Å²) in [4.78, 5) is 17.0. The van der Waals surface area contributed by atoms with Crippen molar-refractivity contribution < 1.29 is 19.7 Å². The van der Waals surface area contributed by atoms with Crippen molar-refractivity contribution in [3.05, 3.63) is 64.7 Å². The van der Waals surface area contributed by atoms with E-state index in [1.54, 1.807) is 30.0 Å². The van der Waals surface area contributed by atoms with Crippen LogP contribution in [0.4, 0.5) is 0 Å². The number of β-amino-alcohol motifs (C(OH)–C–C–N with tert-alkyl or cyclic N) is 1. The highest BCUT2D eigenvalue weighted by molar-refractivity contribution is 5.97. The van der Waals surface area contributed by atoms with E-state index in [1.807, 2.05) is 6.07 Å². The molecule has 31 heavy (non-hydrogen) atoms. The van der Waals surface area contributed by atoms with Crippen LogP contribution in [-0.2, 0) is 13.0 Å². The molecule has 0 spiro atoms. The van der Waals surface area contributed by atoms with E-state index in [1.165, 1.54) is 11.1 Å². The number of carbonyl (C=O) groups excluding carboxylic acids is 1. The predicted molar refractivity (Wildman–Crippen MR) is 118 cm³/mol. The third-order valence-electron chi connectivity index (χ3n) is 5.65. The van der Waals surface area contributed by atoms with Gasteiger partial charge in [-0.3, -0.25) is 9.69 Å². The zero-order chi connectivity index (χ0) is 21.8. The molecule has 2 aromatic carbocycles. The molecule has 2 aromatic rings. The highest BCUT2D eigenvalue weighted by atomic mass is 16.5. The van der Waals surface area contributed by atoms with Crippen LogP contribution in [0.3, 0.4) is 0 Å². The van der Waals surface area contributed by atoms with Crippen LogP contribution in [0.15, 0.2) is 42.5 Å². The number of hydrogen-bond acceptors (Lipinski definition) is 5. The highest BCUT2D eigenvalue weighted by Gasteiger charge is 2.27. The summed E-state index contributed by atoms with van der Waals surface area (Å²) >= 11 is 0. The maximum absolute atomic E-state index is 13.1. The van der Waals surface area contributed by atoms with Gasteiger partial charge in [-0.25, -0.2) is 0 Å². The Labute approximate surface area is 183 Å². The van der Waals surface area contributed by atoms with E-state index in [-0.39, 0.29) is 12.5 Å². The molecule has 0 fully saturated rings. The summed E-state index contributed by atoms with van der Waals surface area (Å²) in [5, 5.41) is 20.0. The lowest BCUT2D eigenvalue weighted by molar-refractivity contribution is 0.0501. The predicted octanol–water partition coefficient (Wildman–Crippen LogP) is 1.67. The first-order valence-electron chi connectivity index (χ1n) is 10.7. The second-order valence-corrected chi connectivity index (χ2v) is 8.16. The van der Waals surface area contributed by atoms with Crippen LogP contribution >= 0.6 is 0 Å². The number of amides is 1. The third kappa shape index (κ3) is 5.26. The van der Waals surface area contributed by atoms with Gasteiger partial charge in [-0.05, 0) is 42.7 Å². The summed E-state index contributed by atoms with van der Waals surface area (Å²) in [6, 6.07) is 13.6. The molecule has 2 N–H and O–H groups in total. The molecule has 0 aliphatic carbocycles. The fourth-order valence-electron chi connectivity index (χ4n) is 4.12. The van der Waals surface area contributed by atoms with Gasteiger partial charge < -0.3 is 19.8 Å². The van der Waals surface area contributed by atoms with Crippen molar-refractivity contribution in [3.63, 3.8) is 0 Å². The number of fused-ring (bicyclic) bond motifs is 2. The van der Waals surface area contributed by atoms with E-state index in [0.29, 0.717) is 36.6 Å². The minimum absolute atomic E-state index is 0.148. The summed E-state index contributed by atoms with van der Waals surface area (Å²) in [6.07, 6.45) is -0.369. The molecule has 0 aromatic heterocycles. The van der Waals surface area contributed by atoms with Gasteiger partial charge in [0, 0.05) is 31.7 Å². The number of aliphatic hydroxyl groups is 2. The Bertz CT molecular complexity index is 1010. The van der Waals surface area contributed by atoms with Crippen LogP contribution in [-0.4, -0.2) is 70.9 Å². The lowest BCUT2D eigenvalue weighted by Gasteiger charge is -2.32.